The first-order chi connectivity index (χ1) is 13.9. The Balaban J connectivity index is 2.42. The standard InChI is InChI=1S/C26H32N2O2/c1-11-12(2)16(6)22-21(15(11)5)17(7)20(10)26(30)24(22)28-27-23-18(8)13(3)14(4)19(9)25(23)29/h29-30H,1-10H3. The van der Waals surface area contributed by atoms with Gasteiger partial charge in [0, 0.05) is 5.39 Å². The Bertz CT molecular complexity index is 1210. The van der Waals surface area contributed by atoms with Gasteiger partial charge in [-0.3, -0.25) is 0 Å². The van der Waals surface area contributed by atoms with Crippen molar-refractivity contribution in [2.75, 3.05) is 0 Å². The molecule has 0 bridgehead atoms. The second kappa shape index (κ2) is 7.42. The number of aromatic hydroxyl groups is 2. The Morgan fingerprint density at radius 3 is 1.27 bits per heavy atom. The van der Waals surface area contributed by atoms with Gasteiger partial charge < -0.3 is 10.2 Å². The third kappa shape index (κ3) is 2.97. The molecule has 0 atom stereocenters. The Morgan fingerprint density at radius 2 is 0.700 bits per heavy atom. The molecule has 0 saturated carbocycles. The number of rotatable bonds is 2. The molecule has 0 unspecified atom stereocenters. The average Bonchev–Trinajstić information content (AvgIpc) is 2.72. The normalized spacial score (nSPS) is 11.8. The molecule has 0 spiro atoms. The summed E-state index contributed by atoms with van der Waals surface area (Å²) < 4.78 is 0. The first-order valence-corrected chi connectivity index (χ1v) is 10.3. The molecule has 0 saturated heterocycles. The van der Waals surface area contributed by atoms with E-state index in [9.17, 15) is 10.2 Å². The zero-order valence-electron chi connectivity index (χ0n) is 19.8. The van der Waals surface area contributed by atoms with Crippen molar-refractivity contribution in [3.8, 4) is 11.5 Å². The summed E-state index contributed by atoms with van der Waals surface area (Å²) in [5, 5.41) is 32.7. The van der Waals surface area contributed by atoms with E-state index >= 15 is 0 Å². The molecule has 30 heavy (non-hydrogen) atoms. The largest absolute Gasteiger partial charge is 0.505 e. The molecule has 4 heteroatoms. The molecule has 3 aromatic carbocycles. The summed E-state index contributed by atoms with van der Waals surface area (Å²) in [6, 6.07) is 0. The number of hydrogen-bond donors (Lipinski definition) is 2. The van der Waals surface area contributed by atoms with Gasteiger partial charge in [-0.15, -0.1) is 10.2 Å². The number of phenols is 2. The lowest BCUT2D eigenvalue weighted by Gasteiger charge is -2.20. The van der Waals surface area contributed by atoms with E-state index in [4.69, 9.17) is 0 Å². The fourth-order valence-electron chi connectivity index (χ4n) is 4.33. The summed E-state index contributed by atoms with van der Waals surface area (Å²) in [5.41, 5.74) is 11.4. The number of hydrogen-bond acceptors (Lipinski definition) is 4. The minimum absolute atomic E-state index is 0.145. The first kappa shape index (κ1) is 21.8. The van der Waals surface area contributed by atoms with Gasteiger partial charge >= 0.3 is 0 Å². The van der Waals surface area contributed by atoms with Crippen LogP contribution < -0.4 is 0 Å². The van der Waals surface area contributed by atoms with Crippen molar-refractivity contribution in [2.24, 2.45) is 10.2 Å². The van der Waals surface area contributed by atoms with Crippen molar-refractivity contribution in [2.45, 2.75) is 69.2 Å². The van der Waals surface area contributed by atoms with Gasteiger partial charge in [-0.05, 0) is 130 Å². The van der Waals surface area contributed by atoms with Crippen molar-refractivity contribution in [1.29, 1.82) is 0 Å². The quantitative estimate of drug-likeness (QED) is 0.429. The number of phenolic OH excluding ortho intramolecular Hbond substituents is 2. The smallest absolute Gasteiger partial charge is 0.146 e. The van der Waals surface area contributed by atoms with E-state index in [1.807, 2.05) is 41.5 Å². The van der Waals surface area contributed by atoms with Gasteiger partial charge in [0.2, 0.25) is 0 Å². The summed E-state index contributed by atoms with van der Waals surface area (Å²) in [6.07, 6.45) is 0. The molecule has 0 radical (unpaired) electrons. The molecule has 3 rings (SSSR count). The Labute approximate surface area is 179 Å². The average molecular weight is 405 g/mol. The minimum Gasteiger partial charge on any atom is -0.505 e. The van der Waals surface area contributed by atoms with Crippen molar-refractivity contribution >= 4 is 22.1 Å². The van der Waals surface area contributed by atoms with E-state index in [2.05, 4.69) is 37.9 Å². The van der Waals surface area contributed by atoms with Gasteiger partial charge in [0.15, 0.2) is 0 Å². The number of benzene rings is 3. The third-order valence-electron chi connectivity index (χ3n) is 7.31. The second-order valence-corrected chi connectivity index (χ2v) is 8.59. The number of azo groups is 1. The van der Waals surface area contributed by atoms with Crippen LogP contribution in [0.5, 0.6) is 11.5 Å². The maximum atomic E-state index is 11.0. The summed E-state index contributed by atoms with van der Waals surface area (Å²) in [4.78, 5) is 0. The van der Waals surface area contributed by atoms with Crippen LogP contribution in [0.1, 0.15) is 55.6 Å². The summed E-state index contributed by atoms with van der Waals surface area (Å²) in [7, 11) is 0. The fourth-order valence-corrected chi connectivity index (χ4v) is 4.33. The Kier molecular flexibility index (Phi) is 5.40. The van der Waals surface area contributed by atoms with Crippen LogP contribution in [0, 0.1) is 69.2 Å². The summed E-state index contributed by atoms with van der Waals surface area (Å²) in [5.74, 6) is 0.291. The SMILES string of the molecule is Cc1c(C)c(C)c(N=Nc2c(O)c(C)c(C)c3c(C)c(C)c(C)c(C)c23)c(O)c1C. The van der Waals surface area contributed by atoms with E-state index in [0.717, 1.165) is 49.7 Å². The predicted molar refractivity (Wildman–Crippen MR) is 125 cm³/mol. The monoisotopic (exact) mass is 404 g/mol. The lowest BCUT2D eigenvalue weighted by atomic mass is 9.86. The molecular formula is C26H32N2O2. The lowest BCUT2D eigenvalue weighted by molar-refractivity contribution is 0.469. The van der Waals surface area contributed by atoms with Crippen LogP contribution in [0.25, 0.3) is 10.8 Å². The van der Waals surface area contributed by atoms with Gasteiger partial charge in [0.1, 0.15) is 22.9 Å². The molecule has 4 nitrogen and oxygen atoms in total. The highest BCUT2D eigenvalue weighted by Crippen LogP contribution is 2.46. The predicted octanol–water partition coefficient (Wildman–Crippen LogP) is 7.75. The summed E-state index contributed by atoms with van der Waals surface area (Å²) >= 11 is 0. The highest BCUT2D eigenvalue weighted by atomic mass is 16.3. The van der Waals surface area contributed by atoms with Crippen LogP contribution >= 0.6 is 0 Å². The van der Waals surface area contributed by atoms with Crippen molar-refractivity contribution in [3.05, 3.63) is 55.6 Å². The fraction of sp³-hybridized carbons (Fsp3) is 0.385. The maximum Gasteiger partial charge on any atom is 0.146 e. The molecule has 0 amide bonds. The Hall–Kier alpha value is -2.88. The molecule has 158 valence electrons. The van der Waals surface area contributed by atoms with Crippen LogP contribution in [0.15, 0.2) is 10.2 Å². The number of aryl methyl sites for hydroxylation is 3. The van der Waals surface area contributed by atoms with Crippen LogP contribution in [-0.2, 0) is 0 Å². The van der Waals surface area contributed by atoms with E-state index in [1.54, 1.807) is 0 Å². The molecule has 0 fully saturated rings. The van der Waals surface area contributed by atoms with Crippen molar-refractivity contribution in [3.63, 3.8) is 0 Å². The second-order valence-electron chi connectivity index (χ2n) is 8.59. The molecule has 3 aromatic rings. The molecule has 0 heterocycles. The van der Waals surface area contributed by atoms with Crippen LogP contribution in [-0.4, -0.2) is 10.2 Å². The van der Waals surface area contributed by atoms with Gasteiger partial charge in [-0.25, -0.2) is 0 Å². The zero-order chi connectivity index (χ0) is 22.7. The van der Waals surface area contributed by atoms with Crippen LogP contribution in [0.2, 0.25) is 0 Å². The van der Waals surface area contributed by atoms with E-state index in [0.29, 0.717) is 11.4 Å². The van der Waals surface area contributed by atoms with E-state index < -0.39 is 0 Å². The van der Waals surface area contributed by atoms with E-state index in [1.165, 1.54) is 16.7 Å². The Morgan fingerprint density at radius 1 is 0.367 bits per heavy atom. The van der Waals surface area contributed by atoms with Gasteiger partial charge in [-0.2, -0.15) is 0 Å². The topological polar surface area (TPSA) is 65.2 Å². The third-order valence-corrected chi connectivity index (χ3v) is 7.31. The molecular weight excluding hydrogens is 372 g/mol. The van der Waals surface area contributed by atoms with Gasteiger partial charge in [0.25, 0.3) is 0 Å². The van der Waals surface area contributed by atoms with Gasteiger partial charge in [0.05, 0.1) is 0 Å². The van der Waals surface area contributed by atoms with Crippen molar-refractivity contribution in [1.82, 2.24) is 0 Å². The zero-order valence-corrected chi connectivity index (χ0v) is 19.8. The van der Waals surface area contributed by atoms with Gasteiger partial charge in [-0.1, -0.05) is 0 Å². The van der Waals surface area contributed by atoms with Crippen LogP contribution in [0.4, 0.5) is 11.4 Å². The summed E-state index contributed by atoms with van der Waals surface area (Å²) in [6.45, 7) is 20.2. The number of nitrogens with zero attached hydrogens (tertiary/aromatic N) is 2. The first-order valence-electron chi connectivity index (χ1n) is 10.3. The highest BCUT2D eigenvalue weighted by Gasteiger charge is 2.21. The maximum absolute atomic E-state index is 11.0. The minimum atomic E-state index is 0.145. The molecule has 0 aliphatic heterocycles. The van der Waals surface area contributed by atoms with Crippen LogP contribution in [0.3, 0.4) is 0 Å². The molecule has 0 aliphatic carbocycles. The molecule has 0 aliphatic rings. The van der Waals surface area contributed by atoms with Crippen molar-refractivity contribution < 1.29 is 10.2 Å². The van der Waals surface area contributed by atoms with E-state index in [-0.39, 0.29) is 11.5 Å². The highest BCUT2D eigenvalue weighted by molar-refractivity contribution is 6.04. The molecule has 0 aromatic heterocycles. The lowest BCUT2D eigenvalue weighted by Crippen LogP contribution is -1.98. The number of fused-ring (bicyclic) bond motifs is 1. The molecule has 2 N–H and O–H groups in total.